The van der Waals surface area contributed by atoms with Gasteiger partial charge in [0.1, 0.15) is 11.6 Å². The third kappa shape index (κ3) is 4.67. The highest BCUT2D eigenvalue weighted by molar-refractivity contribution is 7.14. The highest BCUT2D eigenvalue weighted by Gasteiger charge is 2.09. The summed E-state index contributed by atoms with van der Waals surface area (Å²) in [7, 11) is 0. The monoisotopic (exact) mass is 370 g/mol. The molecule has 4 nitrogen and oxygen atoms in total. The van der Waals surface area contributed by atoms with Gasteiger partial charge in [-0.2, -0.15) is 0 Å². The van der Waals surface area contributed by atoms with Crippen molar-refractivity contribution in [1.29, 1.82) is 0 Å². The minimum Gasteiger partial charge on any atom is -0.484 e. The Bertz CT molecular complexity index is 891. The summed E-state index contributed by atoms with van der Waals surface area (Å²) >= 11 is 1.31. The Balaban J connectivity index is 1.57. The van der Waals surface area contributed by atoms with Gasteiger partial charge < -0.3 is 4.74 Å². The first kappa shape index (κ1) is 18.1. The lowest BCUT2D eigenvalue weighted by Crippen LogP contribution is -2.20. The predicted octanol–water partition coefficient (Wildman–Crippen LogP) is 5.09. The first-order valence-corrected chi connectivity index (χ1v) is 9.13. The van der Waals surface area contributed by atoms with Crippen molar-refractivity contribution in [3.8, 4) is 17.0 Å². The van der Waals surface area contributed by atoms with E-state index in [1.807, 2.05) is 29.6 Å². The van der Waals surface area contributed by atoms with E-state index >= 15 is 0 Å². The van der Waals surface area contributed by atoms with Crippen LogP contribution in [-0.2, 0) is 4.79 Å². The normalized spacial score (nSPS) is 10.8. The van der Waals surface area contributed by atoms with Crippen molar-refractivity contribution >= 4 is 22.4 Å². The molecule has 0 saturated carbocycles. The van der Waals surface area contributed by atoms with Gasteiger partial charge in [0, 0.05) is 10.9 Å². The number of halogens is 1. The van der Waals surface area contributed by atoms with E-state index in [1.165, 1.54) is 23.5 Å². The van der Waals surface area contributed by atoms with E-state index in [0.717, 1.165) is 11.1 Å². The van der Waals surface area contributed by atoms with E-state index in [0.29, 0.717) is 22.5 Å². The third-order valence-corrected chi connectivity index (χ3v) is 4.54. The molecule has 6 heteroatoms. The Morgan fingerprint density at radius 3 is 2.73 bits per heavy atom. The van der Waals surface area contributed by atoms with Crippen LogP contribution in [0.2, 0.25) is 0 Å². The number of nitrogens with zero attached hydrogens (tertiary/aromatic N) is 1. The van der Waals surface area contributed by atoms with Gasteiger partial charge >= 0.3 is 0 Å². The van der Waals surface area contributed by atoms with Crippen molar-refractivity contribution in [2.75, 3.05) is 11.9 Å². The number of rotatable bonds is 6. The maximum Gasteiger partial charge on any atom is 0.264 e. The molecule has 1 heterocycles. The molecule has 0 aliphatic heterocycles. The second kappa shape index (κ2) is 8.10. The van der Waals surface area contributed by atoms with E-state index in [9.17, 15) is 9.18 Å². The lowest BCUT2D eigenvalue weighted by Gasteiger charge is -2.09. The van der Waals surface area contributed by atoms with Gasteiger partial charge in [-0.25, -0.2) is 9.37 Å². The highest BCUT2D eigenvalue weighted by Crippen LogP contribution is 2.25. The number of aromatic nitrogens is 1. The van der Waals surface area contributed by atoms with Crippen LogP contribution in [0, 0.1) is 5.82 Å². The zero-order chi connectivity index (χ0) is 18.5. The van der Waals surface area contributed by atoms with Crippen LogP contribution in [0.1, 0.15) is 25.3 Å². The van der Waals surface area contributed by atoms with Crippen LogP contribution in [-0.4, -0.2) is 17.5 Å². The lowest BCUT2D eigenvalue weighted by atomic mass is 10.0. The number of amides is 1. The van der Waals surface area contributed by atoms with Gasteiger partial charge in [0.15, 0.2) is 11.7 Å². The predicted molar refractivity (Wildman–Crippen MR) is 102 cm³/mol. The van der Waals surface area contributed by atoms with Crippen molar-refractivity contribution in [3.05, 3.63) is 65.3 Å². The van der Waals surface area contributed by atoms with Gasteiger partial charge in [-0.1, -0.05) is 26.0 Å². The minimum absolute atomic E-state index is 0.0903. The molecular weight excluding hydrogens is 351 g/mol. The number of thiazole rings is 1. The second-order valence-electron chi connectivity index (χ2n) is 6.11. The van der Waals surface area contributed by atoms with E-state index in [2.05, 4.69) is 24.1 Å². The summed E-state index contributed by atoms with van der Waals surface area (Å²) in [6.07, 6.45) is 0. The van der Waals surface area contributed by atoms with Crippen molar-refractivity contribution < 1.29 is 13.9 Å². The Hall–Kier alpha value is -2.73. The van der Waals surface area contributed by atoms with Crippen LogP contribution in [0.5, 0.6) is 5.75 Å². The minimum atomic E-state index is -0.295. The smallest absolute Gasteiger partial charge is 0.264 e. The fourth-order valence-corrected chi connectivity index (χ4v) is 3.09. The molecule has 1 amide bonds. The van der Waals surface area contributed by atoms with E-state index < -0.39 is 0 Å². The number of ether oxygens (including phenoxy) is 1. The van der Waals surface area contributed by atoms with Crippen LogP contribution in [0.25, 0.3) is 11.3 Å². The van der Waals surface area contributed by atoms with Gasteiger partial charge in [0.05, 0.1) is 5.69 Å². The molecule has 1 aromatic heterocycles. The van der Waals surface area contributed by atoms with Gasteiger partial charge in [-0.15, -0.1) is 11.3 Å². The van der Waals surface area contributed by atoms with Gasteiger partial charge in [0.25, 0.3) is 5.91 Å². The number of hydrogen-bond acceptors (Lipinski definition) is 4. The van der Waals surface area contributed by atoms with Crippen LogP contribution in [0.15, 0.2) is 53.9 Å². The molecule has 2 aromatic carbocycles. The van der Waals surface area contributed by atoms with Crippen LogP contribution in [0.3, 0.4) is 0 Å². The van der Waals surface area contributed by atoms with Crippen molar-refractivity contribution in [3.63, 3.8) is 0 Å². The Labute approximate surface area is 155 Å². The highest BCUT2D eigenvalue weighted by atomic mass is 32.1. The lowest BCUT2D eigenvalue weighted by molar-refractivity contribution is -0.118. The second-order valence-corrected chi connectivity index (χ2v) is 6.97. The first-order valence-electron chi connectivity index (χ1n) is 8.25. The molecule has 0 unspecified atom stereocenters. The van der Waals surface area contributed by atoms with Crippen molar-refractivity contribution in [1.82, 2.24) is 4.98 Å². The summed E-state index contributed by atoms with van der Waals surface area (Å²) in [5, 5.41) is 5.02. The fraction of sp³-hybridized carbons (Fsp3) is 0.200. The average molecular weight is 370 g/mol. The average Bonchev–Trinajstić information content (AvgIpc) is 3.09. The third-order valence-electron chi connectivity index (χ3n) is 3.79. The summed E-state index contributed by atoms with van der Waals surface area (Å²) in [6.45, 7) is 4.12. The number of carbonyl (C=O) groups is 1. The van der Waals surface area contributed by atoms with Crippen LogP contribution in [0.4, 0.5) is 9.52 Å². The maximum absolute atomic E-state index is 13.0. The van der Waals surface area contributed by atoms with E-state index in [4.69, 9.17) is 4.74 Å². The van der Waals surface area contributed by atoms with Gasteiger partial charge in [0.2, 0.25) is 0 Å². The molecule has 3 rings (SSSR count). The Morgan fingerprint density at radius 2 is 2.00 bits per heavy atom. The molecule has 0 spiro atoms. The molecule has 0 aliphatic rings. The van der Waals surface area contributed by atoms with Crippen molar-refractivity contribution in [2.45, 2.75) is 19.8 Å². The molecule has 134 valence electrons. The molecule has 0 saturated heterocycles. The summed E-state index contributed by atoms with van der Waals surface area (Å²) in [4.78, 5) is 16.4. The van der Waals surface area contributed by atoms with Crippen molar-refractivity contribution in [2.24, 2.45) is 0 Å². The molecule has 0 fully saturated rings. The summed E-state index contributed by atoms with van der Waals surface area (Å²) in [5.74, 6) is 0.487. The molecule has 0 aliphatic carbocycles. The molecule has 26 heavy (non-hydrogen) atoms. The summed E-state index contributed by atoms with van der Waals surface area (Å²) < 4.78 is 18.5. The topological polar surface area (TPSA) is 51.2 Å². The summed E-state index contributed by atoms with van der Waals surface area (Å²) in [6, 6.07) is 13.8. The maximum atomic E-state index is 13.0. The zero-order valence-electron chi connectivity index (χ0n) is 14.5. The largest absolute Gasteiger partial charge is 0.484 e. The number of hydrogen-bond donors (Lipinski definition) is 1. The van der Waals surface area contributed by atoms with Gasteiger partial charge in [-0.3, -0.25) is 10.1 Å². The number of benzene rings is 2. The molecular formula is C20H19FN2O2S. The van der Waals surface area contributed by atoms with Crippen LogP contribution >= 0.6 is 11.3 Å². The number of carbonyl (C=O) groups excluding carboxylic acids is 1. The first-order chi connectivity index (χ1) is 12.5. The standard InChI is InChI=1S/C20H19FN2O2S/c1-13(2)15-4-3-5-17(10-15)25-11-19(24)23-20-22-18(12-26-20)14-6-8-16(21)9-7-14/h3-10,12-13H,11H2,1-2H3,(H,22,23,24). The SMILES string of the molecule is CC(C)c1cccc(OCC(=O)Nc2nc(-c3ccc(F)cc3)cs2)c1. The van der Waals surface area contributed by atoms with Crippen LogP contribution < -0.4 is 10.1 Å². The van der Waals surface area contributed by atoms with E-state index in [1.54, 1.807) is 12.1 Å². The molecule has 0 bridgehead atoms. The fourth-order valence-electron chi connectivity index (χ4n) is 2.35. The Morgan fingerprint density at radius 1 is 1.23 bits per heavy atom. The van der Waals surface area contributed by atoms with E-state index in [-0.39, 0.29) is 18.3 Å². The quantitative estimate of drug-likeness (QED) is 0.657. The molecule has 3 aromatic rings. The summed E-state index contributed by atoms with van der Waals surface area (Å²) in [5.41, 5.74) is 2.65. The zero-order valence-corrected chi connectivity index (χ0v) is 15.3. The molecule has 0 atom stereocenters. The number of nitrogens with one attached hydrogen (secondary N) is 1. The molecule has 1 N–H and O–H groups in total. The number of anilines is 1. The molecule has 0 radical (unpaired) electrons. The Kier molecular flexibility index (Phi) is 5.63. The van der Waals surface area contributed by atoms with Gasteiger partial charge in [-0.05, 0) is 47.9 Å².